The Morgan fingerprint density at radius 2 is 2.21 bits per heavy atom. The number of aliphatic hydroxyl groups is 1. The third-order valence-corrected chi connectivity index (χ3v) is 4.52. The molecule has 1 heterocycles. The SMILES string of the molecule is NCc1cccc(C(=O)N2CC3CCC(O)C3C2)c1. The van der Waals surface area contributed by atoms with E-state index in [1.54, 1.807) is 0 Å². The molecule has 1 saturated carbocycles. The number of amides is 1. The number of rotatable bonds is 2. The Bertz CT molecular complexity index is 489. The summed E-state index contributed by atoms with van der Waals surface area (Å²) in [5.74, 6) is 0.829. The minimum Gasteiger partial charge on any atom is -0.393 e. The molecule has 0 radical (unpaired) electrons. The molecule has 1 aliphatic heterocycles. The third-order valence-electron chi connectivity index (χ3n) is 4.52. The van der Waals surface area contributed by atoms with Gasteiger partial charge in [0.2, 0.25) is 0 Å². The lowest BCUT2D eigenvalue weighted by atomic mass is 10.00. The normalized spacial score (nSPS) is 29.6. The zero-order chi connectivity index (χ0) is 13.4. The number of hydrogen-bond donors (Lipinski definition) is 2. The highest BCUT2D eigenvalue weighted by Gasteiger charge is 2.43. The monoisotopic (exact) mass is 260 g/mol. The Kier molecular flexibility index (Phi) is 3.29. The highest BCUT2D eigenvalue weighted by atomic mass is 16.3. The molecule has 3 atom stereocenters. The first-order chi connectivity index (χ1) is 9.19. The Morgan fingerprint density at radius 3 is 2.95 bits per heavy atom. The van der Waals surface area contributed by atoms with Crippen LogP contribution >= 0.6 is 0 Å². The van der Waals surface area contributed by atoms with Crippen LogP contribution < -0.4 is 5.73 Å². The molecule has 3 unspecified atom stereocenters. The summed E-state index contributed by atoms with van der Waals surface area (Å²) in [7, 11) is 0. The van der Waals surface area contributed by atoms with Gasteiger partial charge in [-0.3, -0.25) is 4.79 Å². The molecule has 3 rings (SSSR count). The first kappa shape index (κ1) is 12.6. The van der Waals surface area contributed by atoms with Crippen molar-refractivity contribution in [2.24, 2.45) is 17.6 Å². The summed E-state index contributed by atoms with van der Waals surface area (Å²) >= 11 is 0. The van der Waals surface area contributed by atoms with Crippen LogP contribution in [0.15, 0.2) is 24.3 Å². The van der Waals surface area contributed by atoms with Crippen LogP contribution in [0.1, 0.15) is 28.8 Å². The van der Waals surface area contributed by atoms with Gasteiger partial charge < -0.3 is 15.7 Å². The molecule has 102 valence electrons. The summed E-state index contributed by atoms with van der Waals surface area (Å²) in [5.41, 5.74) is 7.29. The second-order valence-electron chi connectivity index (χ2n) is 5.68. The molecule has 1 aliphatic carbocycles. The second-order valence-corrected chi connectivity index (χ2v) is 5.68. The number of likely N-dealkylation sites (tertiary alicyclic amines) is 1. The quantitative estimate of drug-likeness (QED) is 0.833. The van der Waals surface area contributed by atoms with Crippen molar-refractivity contribution in [3.63, 3.8) is 0 Å². The van der Waals surface area contributed by atoms with Crippen LogP contribution in [-0.2, 0) is 6.54 Å². The maximum absolute atomic E-state index is 12.5. The number of nitrogens with zero attached hydrogens (tertiary/aromatic N) is 1. The highest BCUT2D eigenvalue weighted by molar-refractivity contribution is 5.94. The van der Waals surface area contributed by atoms with E-state index in [1.807, 2.05) is 29.2 Å². The standard InChI is InChI=1S/C15H20N2O2/c16-7-10-2-1-3-11(6-10)15(19)17-8-12-4-5-14(18)13(12)9-17/h1-3,6,12-14,18H,4-5,7-9,16H2. The van der Waals surface area contributed by atoms with Gasteiger partial charge in [-0.25, -0.2) is 0 Å². The fourth-order valence-corrected chi connectivity index (χ4v) is 3.42. The fourth-order valence-electron chi connectivity index (χ4n) is 3.42. The molecular weight excluding hydrogens is 240 g/mol. The highest BCUT2D eigenvalue weighted by Crippen LogP contribution is 2.38. The lowest BCUT2D eigenvalue weighted by Crippen LogP contribution is -2.31. The van der Waals surface area contributed by atoms with E-state index >= 15 is 0 Å². The molecule has 1 aromatic carbocycles. The number of fused-ring (bicyclic) bond motifs is 1. The van der Waals surface area contributed by atoms with Crippen molar-refractivity contribution in [3.8, 4) is 0 Å². The van der Waals surface area contributed by atoms with Crippen LogP contribution in [-0.4, -0.2) is 35.1 Å². The van der Waals surface area contributed by atoms with Crippen molar-refractivity contribution in [2.45, 2.75) is 25.5 Å². The van der Waals surface area contributed by atoms with E-state index in [4.69, 9.17) is 5.73 Å². The van der Waals surface area contributed by atoms with E-state index in [0.29, 0.717) is 24.6 Å². The molecule has 4 heteroatoms. The molecule has 4 nitrogen and oxygen atoms in total. The van der Waals surface area contributed by atoms with Crippen molar-refractivity contribution in [1.29, 1.82) is 0 Å². The van der Waals surface area contributed by atoms with Gasteiger partial charge in [-0.15, -0.1) is 0 Å². The molecule has 3 N–H and O–H groups in total. The maximum atomic E-state index is 12.5. The largest absolute Gasteiger partial charge is 0.393 e. The Morgan fingerprint density at radius 1 is 1.37 bits per heavy atom. The summed E-state index contributed by atoms with van der Waals surface area (Å²) in [6.45, 7) is 1.93. The van der Waals surface area contributed by atoms with Crippen molar-refractivity contribution in [2.75, 3.05) is 13.1 Å². The number of aliphatic hydroxyl groups excluding tert-OH is 1. The summed E-state index contributed by atoms with van der Waals surface area (Å²) in [6, 6.07) is 7.51. The molecule has 0 spiro atoms. The van der Waals surface area contributed by atoms with E-state index in [-0.39, 0.29) is 17.9 Å². The van der Waals surface area contributed by atoms with Crippen molar-refractivity contribution in [3.05, 3.63) is 35.4 Å². The average molecular weight is 260 g/mol. The van der Waals surface area contributed by atoms with Gasteiger partial charge in [0.1, 0.15) is 0 Å². The Balaban J connectivity index is 1.74. The molecule has 19 heavy (non-hydrogen) atoms. The molecule has 0 bridgehead atoms. The summed E-state index contributed by atoms with van der Waals surface area (Å²) in [5, 5.41) is 9.90. The molecule has 1 aromatic rings. The van der Waals surface area contributed by atoms with Gasteiger partial charge in [0, 0.05) is 31.1 Å². The smallest absolute Gasteiger partial charge is 0.253 e. The number of benzene rings is 1. The molecule has 1 saturated heterocycles. The number of nitrogens with two attached hydrogens (primary N) is 1. The molecule has 2 aliphatic rings. The molecule has 2 fully saturated rings. The van der Waals surface area contributed by atoms with E-state index in [1.165, 1.54) is 0 Å². The average Bonchev–Trinajstić information content (AvgIpc) is 3.01. The van der Waals surface area contributed by atoms with Gasteiger partial charge in [-0.05, 0) is 36.5 Å². The lowest BCUT2D eigenvalue weighted by molar-refractivity contribution is 0.0752. The van der Waals surface area contributed by atoms with Crippen LogP contribution in [0.2, 0.25) is 0 Å². The molecular formula is C15H20N2O2. The fraction of sp³-hybridized carbons (Fsp3) is 0.533. The van der Waals surface area contributed by atoms with Crippen molar-refractivity contribution >= 4 is 5.91 Å². The van der Waals surface area contributed by atoms with Crippen LogP contribution in [0.25, 0.3) is 0 Å². The molecule has 1 amide bonds. The predicted octanol–water partition coefficient (Wildman–Crippen LogP) is 0.988. The summed E-state index contributed by atoms with van der Waals surface area (Å²) < 4.78 is 0. The number of carbonyl (C=O) groups is 1. The minimum absolute atomic E-state index is 0.0666. The topological polar surface area (TPSA) is 66.6 Å². The second kappa shape index (κ2) is 4.94. The van der Waals surface area contributed by atoms with E-state index in [9.17, 15) is 9.90 Å². The van der Waals surface area contributed by atoms with E-state index < -0.39 is 0 Å². The summed E-state index contributed by atoms with van der Waals surface area (Å²) in [6.07, 6.45) is 1.71. The Labute approximate surface area is 113 Å². The zero-order valence-electron chi connectivity index (χ0n) is 11.0. The van der Waals surface area contributed by atoms with Gasteiger partial charge in [0.05, 0.1) is 6.10 Å². The summed E-state index contributed by atoms with van der Waals surface area (Å²) in [4.78, 5) is 14.3. The molecule has 0 aromatic heterocycles. The lowest BCUT2D eigenvalue weighted by Gasteiger charge is -2.18. The number of hydrogen-bond acceptors (Lipinski definition) is 3. The zero-order valence-corrected chi connectivity index (χ0v) is 11.0. The Hall–Kier alpha value is -1.39. The third kappa shape index (κ3) is 2.26. The number of carbonyl (C=O) groups excluding carboxylic acids is 1. The maximum Gasteiger partial charge on any atom is 0.253 e. The van der Waals surface area contributed by atoms with Crippen LogP contribution in [0.5, 0.6) is 0 Å². The first-order valence-electron chi connectivity index (χ1n) is 6.95. The van der Waals surface area contributed by atoms with Gasteiger partial charge in [-0.1, -0.05) is 12.1 Å². The van der Waals surface area contributed by atoms with Crippen LogP contribution in [0.4, 0.5) is 0 Å². The van der Waals surface area contributed by atoms with Gasteiger partial charge in [-0.2, -0.15) is 0 Å². The van der Waals surface area contributed by atoms with E-state index in [2.05, 4.69) is 0 Å². The van der Waals surface area contributed by atoms with E-state index in [0.717, 1.165) is 24.9 Å². The van der Waals surface area contributed by atoms with Crippen LogP contribution in [0.3, 0.4) is 0 Å². The van der Waals surface area contributed by atoms with Gasteiger partial charge in [0.25, 0.3) is 5.91 Å². The van der Waals surface area contributed by atoms with Gasteiger partial charge >= 0.3 is 0 Å². The van der Waals surface area contributed by atoms with Crippen molar-refractivity contribution < 1.29 is 9.90 Å². The van der Waals surface area contributed by atoms with Crippen LogP contribution in [0, 0.1) is 11.8 Å². The predicted molar refractivity (Wildman–Crippen MR) is 72.5 cm³/mol. The van der Waals surface area contributed by atoms with Crippen molar-refractivity contribution in [1.82, 2.24) is 4.90 Å². The first-order valence-corrected chi connectivity index (χ1v) is 6.95. The van der Waals surface area contributed by atoms with Gasteiger partial charge in [0.15, 0.2) is 0 Å². The minimum atomic E-state index is -0.224.